The molecule has 3 aromatic heterocycles. The maximum Gasteiger partial charge on any atom is 0.333 e. The summed E-state index contributed by atoms with van der Waals surface area (Å²) in [5.41, 5.74) is 5.20. The molecule has 1 fully saturated rings. The molecule has 1 aliphatic heterocycles. The highest BCUT2D eigenvalue weighted by molar-refractivity contribution is 5.72. The number of hydrogen-bond acceptors (Lipinski definition) is 12. The predicted molar refractivity (Wildman–Crippen MR) is 100 cm³/mol. The molecule has 3 aromatic rings. The van der Waals surface area contributed by atoms with Crippen molar-refractivity contribution in [3.05, 3.63) is 22.5 Å². The fourth-order valence-corrected chi connectivity index (χ4v) is 3.48. The maximum atomic E-state index is 15.1. The molecule has 3 N–H and O–H groups in total. The number of aromatic nitrogens is 8. The lowest BCUT2D eigenvalue weighted by Gasteiger charge is -2.19. The van der Waals surface area contributed by atoms with Crippen LogP contribution in [0.4, 0.5) is 10.3 Å². The number of carbonyl (C=O) groups excluding carboxylic acids is 2. The molecule has 170 valence electrons. The smallest absolute Gasteiger partial charge is 0.333 e. The molecule has 0 spiro atoms. The highest BCUT2D eigenvalue weighted by Gasteiger charge is 2.50. The number of aromatic amines is 1. The van der Waals surface area contributed by atoms with Crippen LogP contribution in [-0.2, 0) is 30.3 Å². The Labute approximate surface area is 177 Å². The van der Waals surface area contributed by atoms with Gasteiger partial charge in [0.1, 0.15) is 11.6 Å². The van der Waals surface area contributed by atoms with Crippen LogP contribution in [0.5, 0.6) is 0 Å². The number of nitrogens with one attached hydrogen (secondary N) is 1. The molecule has 15 nitrogen and oxygen atoms in total. The molecule has 4 rings (SSSR count). The van der Waals surface area contributed by atoms with Gasteiger partial charge in [0.2, 0.25) is 5.95 Å². The van der Waals surface area contributed by atoms with E-state index in [1.165, 1.54) is 10.8 Å². The molecule has 0 saturated carbocycles. The van der Waals surface area contributed by atoms with E-state index in [1.54, 1.807) is 0 Å². The Balaban J connectivity index is 1.83. The molecular formula is C16H18FN9O6. The number of imidazole rings is 1. The number of halogens is 1. The number of fused-ring (bicyclic) bond motifs is 1. The van der Waals surface area contributed by atoms with Gasteiger partial charge in [-0.1, -0.05) is 5.21 Å². The average molecular weight is 451 g/mol. The van der Waals surface area contributed by atoms with Gasteiger partial charge < -0.3 is 19.9 Å². The van der Waals surface area contributed by atoms with Gasteiger partial charge in [-0.3, -0.25) is 14.2 Å². The van der Waals surface area contributed by atoms with Crippen LogP contribution in [0.15, 0.2) is 11.0 Å². The summed E-state index contributed by atoms with van der Waals surface area (Å²) in [7, 11) is 1.14. The number of nitrogen functional groups attached to an aromatic ring is 1. The van der Waals surface area contributed by atoms with Crippen molar-refractivity contribution in [1.29, 1.82) is 0 Å². The number of rotatable bonds is 6. The van der Waals surface area contributed by atoms with Crippen molar-refractivity contribution in [3.63, 3.8) is 0 Å². The number of tetrazole rings is 1. The van der Waals surface area contributed by atoms with Gasteiger partial charge in [0, 0.05) is 6.92 Å². The molecule has 0 aromatic carbocycles. The minimum Gasteiger partial charge on any atom is -0.469 e. The molecule has 0 radical (unpaired) electrons. The second-order valence-corrected chi connectivity index (χ2v) is 6.87. The third-order valence-corrected chi connectivity index (χ3v) is 4.83. The van der Waals surface area contributed by atoms with E-state index in [-0.39, 0.29) is 29.5 Å². The van der Waals surface area contributed by atoms with E-state index in [9.17, 15) is 14.4 Å². The minimum atomic E-state index is -1.93. The molecule has 16 heteroatoms. The van der Waals surface area contributed by atoms with Gasteiger partial charge in [-0.2, -0.15) is 10.2 Å². The van der Waals surface area contributed by atoms with Crippen LogP contribution in [0.25, 0.3) is 11.2 Å². The van der Waals surface area contributed by atoms with Crippen molar-refractivity contribution in [1.82, 2.24) is 39.7 Å². The molecule has 0 bridgehead atoms. The van der Waals surface area contributed by atoms with Gasteiger partial charge >= 0.3 is 17.6 Å². The Kier molecular flexibility index (Phi) is 5.52. The Hall–Kier alpha value is -3.95. The predicted octanol–water partition coefficient (Wildman–Crippen LogP) is -1.53. The summed E-state index contributed by atoms with van der Waals surface area (Å²) >= 11 is 0. The standard InChI is InChI=1S/C16H18FN9O6/c1-6(27)31-12-11(17)8(3-10(28)30-2)32-14(12)26-13-7(4-19-15(18)20-13)25(16(26)29)5-9-21-23-24-22-9/h4,8,11-12,14H,3,5H2,1-2H3,(H2,18,19,20)(H,21,22,23,24)/t8-,11-,12-,14-/m1/s1. The summed E-state index contributed by atoms with van der Waals surface area (Å²) in [6.45, 7) is 0.960. The first-order valence-electron chi connectivity index (χ1n) is 9.29. The summed E-state index contributed by atoms with van der Waals surface area (Å²) in [5, 5.41) is 13.3. The van der Waals surface area contributed by atoms with Crippen molar-refractivity contribution >= 4 is 29.1 Å². The van der Waals surface area contributed by atoms with Gasteiger partial charge in [-0.05, 0) is 0 Å². The highest BCUT2D eigenvalue weighted by Crippen LogP contribution is 2.36. The number of ether oxygens (including phenoxy) is 3. The first-order valence-corrected chi connectivity index (χ1v) is 9.29. The molecule has 1 aliphatic rings. The van der Waals surface area contributed by atoms with E-state index in [1.807, 2.05) is 0 Å². The normalized spacial score (nSPS) is 22.8. The summed E-state index contributed by atoms with van der Waals surface area (Å²) in [4.78, 5) is 44.6. The largest absolute Gasteiger partial charge is 0.469 e. The van der Waals surface area contributed by atoms with Gasteiger partial charge in [0.05, 0.1) is 26.3 Å². The number of hydrogen-bond donors (Lipinski definition) is 2. The van der Waals surface area contributed by atoms with Crippen LogP contribution in [-0.4, -0.2) is 77.2 Å². The first-order chi connectivity index (χ1) is 15.3. The zero-order valence-corrected chi connectivity index (χ0v) is 16.8. The molecule has 32 heavy (non-hydrogen) atoms. The number of H-pyrrole nitrogens is 1. The quantitative estimate of drug-likeness (QED) is 0.411. The Bertz CT molecular complexity index is 1210. The van der Waals surface area contributed by atoms with Crippen LogP contribution in [0.2, 0.25) is 0 Å². The lowest BCUT2D eigenvalue weighted by atomic mass is 10.1. The Morgan fingerprint density at radius 3 is 2.84 bits per heavy atom. The van der Waals surface area contributed by atoms with Gasteiger partial charge in [0.15, 0.2) is 30.0 Å². The van der Waals surface area contributed by atoms with Crippen molar-refractivity contribution in [3.8, 4) is 0 Å². The second kappa shape index (κ2) is 8.29. The summed E-state index contributed by atoms with van der Waals surface area (Å²) in [6.07, 6.45) is -5.41. The van der Waals surface area contributed by atoms with E-state index in [0.29, 0.717) is 0 Å². The van der Waals surface area contributed by atoms with Crippen LogP contribution in [0.3, 0.4) is 0 Å². The summed E-state index contributed by atoms with van der Waals surface area (Å²) in [6, 6.07) is 0. The summed E-state index contributed by atoms with van der Waals surface area (Å²) in [5.74, 6) is -1.52. The number of anilines is 1. The van der Waals surface area contributed by atoms with Crippen LogP contribution < -0.4 is 11.4 Å². The first kappa shape index (κ1) is 21.3. The number of esters is 2. The number of alkyl halides is 1. The zero-order chi connectivity index (χ0) is 23.0. The Morgan fingerprint density at radius 1 is 1.41 bits per heavy atom. The van der Waals surface area contributed by atoms with E-state index in [2.05, 4.69) is 35.3 Å². The maximum absolute atomic E-state index is 15.1. The fourth-order valence-electron chi connectivity index (χ4n) is 3.48. The summed E-state index contributed by atoms with van der Waals surface area (Å²) < 4.78 is 32.7. The van der Waals surface area contributed by atoms with E-state index in [4.69, 9.17) is 15.2 Å². The van der Waals surface area contributed by atoms with E-state index in [0.717, 1.165) is 18.6 Å². The minimum absolute atomic E-state index is 0.000866. The molecule has 4 atom stereocenters. The number of carbonyl (C=O) groups is 2. The van der Waals surface area contributed by atoms with Gasteiger partial charge in [0.25, 0.3) is 0 Å². The third-order valence-electron chi connectivity index (χ3n) is 4.83. The van der Waals surface area contributed by atoms with Gasteiger partial charge in [-0.15, -0.1) is 10.2 Å². The number of nitrogens with two attached hydrogens (primary N) is 1. The second-order valence-electron chi connectivity index (χ2n) is 6.87. The molecule has 0 aliphatic carbocycles. The van der Waals surface area contributed by atoms with Crippen LogP contribution in [0, 0.1) is 0 Å². The van der Waals surface area contributed by atoms with Crippen LogP contribution >= 0.6 is 0 Å². The zero-order valence-electron chi connectivity index (χ0n) is 16.8. The highest BCUT2D eigenvalue weighted by atomic mass is 19.1. The third kappa shape index (κ3) is 3.75. The van der Waals surface area contributed by atoms with Gasteiger partial charge in [-0.25, -0.2) is 18.7 Å². The Morgan fingerprint density at radius 2 is 2.19 bits per heavy atom. The average Bonchev–Trinajstić information content (AvgIpc) is 3.42. The monoisotopic (exact) mass is 451 g/mol. The fraction of sp³-hybridized carbons (Fsp3) is 0.500. The van der Waals surface area contributed by atoms with E-state index < -0.39 is 48.7 Å². The van der Waals surface area contributed by atoms with E-state index >= 15 is 4.39 Å². The van der Waals surface area contributed by atoms with Crippen LogP contribution in [0.1, 0.15) is 25.4 Å². The molecule has 1 saturated heterocycles. The topological polar surface area (TPSA) is 195 Å². The number of methoxy groups -OCH3 is 1. The molecular weight excluding hydrogens is 433 g/mol. The van der Waals surface area contributed by atoms with Crippen molar-refractivity contribution in [2.45, 2.75) is 44.5 Å². The number of nitrogens with zero attached hydrogens (tertiary/aromatic N) is 7. The van der Waals surface area contributed by atoms with Crippen molar-refractivity contribution in [2.75, 3.05) is 12.8 Å². The molecule has 0 unspecified atom stereocenters. The van der Waals surface area contributed by atoms with Crippen molar-refractivity contribution in [2.24, 2.45) is 0 Å². The molecule has 0 amide bonds. The lowest BCUT2D eigenvalue weighted by molar-refractivity contribution is -0.154. The van der Waals surface area contributed by atoms with Crippen molar-refractivity contribution < 1.29 is 28.2 Å². The molecule has 4 heterocycles. The lowest BCUT2D eigenvalue weighted by Crippen LogP contribution is -2.37. The SMILES string of the molecule is COC(=O)C[C@H]1O[C@@H](n2c(=O)n(Cc3nn[nH]n3)c3cnc(N)nc32)[C@H](OC(C)=O)[C@@H]1F.